The number of carbonyl (C=O) groups is 1. The van der Waals surface area contributed by atoms with Gasteiger partial charge in [-0.05, 0) is 99.5 Å². The third-order valence-electron chi connectivity index (χ3n) is 6.94. The maximum absolute atomic E-state index is 11.6. The largest absolute Gasteiger partial charge is 0.494 e. The Morgan fingerprint density at radius 3 is 2.64 bits per heavy atom. The number of hydrogen-bond acceptors (Lipinski definition) is 6. The highest BCUT2D eigenvalue weighted by molar-refractivity contribution is 5.79. The van der Waals surface area contributed by atoms with Crippen molar-refractivity contribution in [1.29, 1.82) is 0 Å². The van der Waals surface area contributed by atoms with E-state index in [1.807, 2.05) is 31.3 Å². The number of pyridine rings is 1. The first-order valence-electron chi connectivity index (χ1n) is 14.7. The molecule has 1 saturated heterocycles. The van der Waals surface area contributed by atoms with Gasteiger partial charge in [-0.2, -0.15) is 0 Å². The zero-order valence-corrected chi connectivity index (χ0v) is 24.2. The van der Waals surface area contributed by atoms with E-state index in [-0.39, 0.29) is 17.7 Å². The van der Waals surface area contributed by atoms with Gasteiger partial charge in [0.05, 0.1) is 19.8 Å². The van der Waals surface area contributed by atoms with Gasteiger partial charge in [0.1, 0.15) is 5.75 Å². The maximum Gasteiger partial charge on any atom is 0.305 e. The molecular formula is C33H47NO5. The van der Waals surface area contributed by atoms with E-state index in [0.29, 0.717) is 19.6 Å². The highest BCUT2D eigenvalue weighted by Gasteiger charge is 2.22. The molecule has 1 aliphatic rings. The number of rotatable bonds is 17. The van der Waals surface area contributed by atoms with Crippen molar-refractivity contribution in [1.82, 2.24) is 4.98 Å². The van der Waals surface area contributed by atoms with Gasteiger partial charge in [0.25, 0.3) is 0 Å². The number of carbonyl (C=O) groups excluding carboxylic acids is 1. The van der Waals surface area contributed by atoms with Crippen molar-refractivity contribution in [2.24, 2.45) is 5.41 Å². The second-order valence-electron chi connectivity index (χ2n) is 11.0. The Labute approximate surface area is 235 Å². The Balaban J connectivity index is 1.43. The zero-order chi connectivity index (χ0) is 27.8. The van der Waals surface area contributed by atoms with E-state index in [1.165, 1.54) is 6.42 Å². The zero-order valence-electron chi connectivity index (χ0n) is 24.2. The van der Waals surface area contributed by atoms with Gasteiger partial charge in [0, 0.05) is 31.0 Å². The number of hydrogen-bond donors (Lipinski definition) is 0. The summed E-state index contributed by atoms with van der Waals surface area (Å²) in [5.41, 5.74) is 3.49. The SMILES string of the molecule is CCOC(=O)CCCC/C=C(\c1ccc(OCCCCC(C)(C)COC2CCCCO2)cc1)c1cccnc1. The first kappa shape index (κ1) is 30.8. The summed E-state index contributed by atoms with van der Waals surface area (Å²) in [6.07, 6.45) is 15.6. The Morgan fingerprint density at radius 1 is 1.08 bits per heavy atom. The first-order valence-corrected chi connectivity index (χ1v) is 14.7. The molecule has 1 aromatic carbocycles. The Kier molecular flexibility index (Phi) is 13.5. The van der Waals surface area contributed by atoms with E-state index in [2.05, 4.69) is 43.1 Å². The van der Waals surface area contributed by atoms with Gasteiger partial charge < -0.3 is 18.9 Å². The fourth-order valence-corrected chi connectivity index (χ4v) is 4.68. The average Bonchev–Trinajstić information content (AvgIpc) is 2.95. The summed E-state index contributed by atoms with van der Waals surface area (Å²) in [7, 11) is 0. The number of esters is 1. The lowest BCUT2D eigenvalue weighted by Crippen LogP contribution is -2.28. The molecule has 0 radical (unpaired) electrons. The molecule has 1 aromatic heterocycles. The summed E-state index contributed by atoms with van der Waals surface area (Å²) < 4.78 is 22.8. The second kappa shape index (κ2) is 17.1. The van der Waals surface area contributed by atoms with Crippen LogP contribution in [-0.2, 0) is 19.0 Å². The number of aromatic nitrogens is 1. The van der Waals surface area contributed by atoms with Gasteiger partial charge in [-0.3, -0.25) is 9.78 Å². The summed E-state index contributed by atoms with van der Waals surface area (Å²) in [6.45, 7) is 9.07. The average molecular weight is 538 g/mol. The van der Waals surface area contributed by atoms with Crippen LogP contribution >= 0.6 is 0 Å². The summed E-state index contributed by atoms with van der Waals surface area (Å²) in [6, 6.07) is 12.3. The fraction of sp³-hybridized carbons (Fsp3) is 0.576. The summed E-state index contributed by atoms with van der Waals surface area (Å²) in [5.74, 6) is 0.766. The molecule has 2 aromatic rings. The van der Waals surface area contributed by atoms with Crippen molar-refractivity contribution >= 4 is 11.5 Å². The van der Waals surface area contributed by atoms with Crippen LogP contribution in [-0.4, -0.2) is 43.7 Å². The Bertz CT molecular complexity index is 981. The fourth-order valence-electron chi connectivity index (χ4n) is 4.68. The molecule has 39 heavy (non-hydrogen) atoms. The second-order valence-corrected chi connectivity index (χ2v) is 11.0. The molecule has 0 bridgehead atoms. The number of allylic oxidation sites excluding steroid dienone is 1. The first-order chi connectivity index (χ1) is 19.0. The van der Waals surface area contributed by atoms with Crippen LogP contribution in [0.1, 0.15) is 96.1 Å². The quantitative estimate of drug-likeness (QED) is 0.152. The van der Waals surface area contributed by atoms with Crippen LogP contribution in [0.4, 0.5) is 0 Å². The van der Waals surface area contributed by atoms with Crippen LogP contribution in [0.2, 0.25) is 0 Å². The minimum atomic E-state index is -0.118. The monoisotopic (exact) mass is 537 g/mol. The summed E-state index contributed by atoms with van der Waals surface area (Å²) >= 11 is 0. The number of unbranched alkanes of at least 4 members (excludes halogenated alkanes) is 3. The van der Waals surface area contributed by atoms with Gasteiger partial charge in [0.2, 0.25) is 0 Å². The lowest BCUT2D eigenvalue weighted by Gasteiger charge is -2.29. The van der Waals surface area contributed by atoms with E-state index in [1.54, 1.807) is 6.20 Å². The minimum absolute atomic E-state index is 0.0193. The third-order valence-corrected chi connectivity index (χ3v) is 6.94. The molecule has 0 saturated carbocycles. The van der Waals surface area contributed by atoms with Crippen LogP contribution in [0, 0.1) is 5.41 Å². The van der Waals surface area contributed by atoms with E-state index in [9.17, 15) is 4.79 Å². The van der Waals surface area contributed by atoms with Crippen molar-refractivity contribution in [3.63, 3.8) is 0 Å². The highest BCUT2D eigenvalue weighted by Crippen LogP contribution is 2.28. The summed E-state index contributed by atoms with van der Waals surface area (Å²) in [4.78, 5) is 15.9. The van der Waals surface area contributed by atoms with Crippen molar-refractivity contribution in [3.8, 4) is 5.75 Å². The van der Waals surface area contributed by atoms with E-state index < -0.39 is 0 Å². The molecule has 0 N–H and O–H groups in total. The molecule has 6 nitrogen and oxygen atoms in total. The van der Waals surface area contributed by atoms with E-state index in [4.69, 9.17) is 18.9 Å². The van der Waals surface area contributed by atoms with Gasteiger partial charge in [-0.15, -0.1) is 0 Å². The Morgan fingerprint density at radius 2 is 1.92 bits per heavy atom. The lowest BCUT2D eigenvalue weighted by atomic mass is 9.88. The van der Waals surface area contributed by atoms with E-state index in [0.717, 1.165) is 87.0 Å². The molecule has 3 rings (SSSR count). The maximum atomic E-state index is 11.6. The molecular weight excluding hydrogens is 490 g/mol. The van der Waals surface area contributed by atoms with Gasteiger partial charge in [0.15, 0.2) is 6.29 Å². The van der Waals surface area contributed by atoms with Crippen molar-refractivity contribution in [3.05, 3.63) is 66.0 Å². The lowest BCUT2D eigenvalue weighted by molar-refractivity contribution is -0.176. The topological polar surface area (TPSA) is 66.9 Å². The highest BCUT2D eigenvalue weighted by atomic mass is 16.7. The van der Waals surface area contributed by atoms with Crippen LogP contribution in [0.25, 0.3) is 5.57 Å². The molecule has 0 spiro atoms. The molecule has 6 heteroatoms. The molecule has 1 aliphatic heterocycles. The van der Waals surface area contributed by atoms with Gasteiger partial charge in [-0.1, -0.05) is 38.1 Å². The van der Waals surface area contributed by atoms with E-state index >= 15 is 0 Å². The predicted octanol–water partition coefficient (Wildman–Crippen LogP) is 7.76. The minimum Gasteiger partial charge on any atom is -0.494 e. The molecule has 1 atom stereocenters. The molecule has 1 unspecified atom stereocenters. The van der Waals surface area contributed by atoms with Crippen LogP contribution in [0.3, 0.4) is 0 Å². The third kappa shape index (κ3) is 11.9. The predicted molar refractivity (Wildman–Crippen MR) is 156 cm³/mol. The van der Waals surface area contributed by atoms with Crippen molar-refractivity contribution in [2.45, 2.75) is 91.3 Å². The Hall–Kier alpha value is -2.70. The molecule has 2 heterocycles. The van der Waals surface area contributed by atoms with Crippen LogP contribution in [0.15, 0.2) is 54.9 Å². The van der Waals surface area contributed by atoms with Crippen molar-refractivity contribution in [2.75, 3.05) is 26.4 Å². The van der Waals surface area contributed by atoms with Crippen molar-refractivity contribution < 1.29 is 23.7 Å². The molecule has 1 fully saturated rings. The standard InChI is InChI=1S/C33H47NO5/c1-4-36-31(35)15-7-5-6-14-30(28-13-12-22-34-25-28)27-17-19-29(20-18-27)37-23-11-9-21-33(2,3)26-39-32-16-8-10-24-38-32/h12-14,17-20,22,25,32H,4-11,15-16,21,23-24,26H2,1-3H3/b30-14+. The van der Waals surface area contributed by atoms with Gasteiger partial charge >= 0.3 is 5.97 Å². The van der Waals surface area contributed by atoms with Crippen LogP contribution < -0.4 is 4.74 Å². The molecule has 0 aliphatic carbocycles. The number of benzene rings is 1. The molecule has 0 amide bonds. The molecule has 214 valence electrons. The van der Waals surface area contributed by atoms with Crippen LogP contribution in [0.5, 0.6) is 5.75 Å². The normalized spacial score (nSPS) is 16.2. The number of nitrogens with zero attached hydrogens (tertiary/aromatic N) is 1. The number of ether oxygens (including phenoxy) is 4. The smallest absolute Gasteiger partial charge is 0.305 e. The summed E-state index contributed by atoms with van der Waals surface area (Å²) in [5, 5.41) is 0. The van der Waals surface area contributed by atoms with Gasteiger partial charge in [-0.25, -0.2) is 0 Å².